The molecule has 2 aromatic rings. The summed E-state index contributed by atoms with van der Waals surface area (Å²) >= 11 is 0. The maximum absolute atomic E-state index is 12.6. The fraction of sp³-hybridized carbons (Fsp3) is 0.400. The van der Waals surface area contributed by atoms with Gasteiger partial charge in [-0.2, -0.15) is 0 Å². The molecule has 10 heteroatoms. The number of carbonyl (C=O) groups excluding carboxylic acids is 2. The lowest BCUT2D eigenvalue weighted by Crippen LogP contribution is -2.57. The maximum Gasteiger partial charge on any atom is 0.475 e. The van der Waals surface area contributed by atoms with Gasteiger partial charge in [-0.15, -0.1) is 0 Å². The molecule has 1 aromatic heterocycles. The monoisotopic (exact) mass is 414 g/mol. The van der Waals surface area contributed by atoms with Crippen LogP contribution in [0, 0.1) is 5.92 Å². The van der Waals surface area contributed by atoms with Crippen molar-refractivity contribution in [1.82, 2.24) is 20.6 Å². The molecule has 0 bridgehead atoms. The highest BCUT2D eigenvalue weighted by molar-refractivity contribution is 6.43. The second-order valence-electron chi connectivity index (χ2n) is 7.51. The average molecular weight is 414 g/mol. The van der Waals surface area contributed by atoms with Crippen LogP contribution in [-0.2, 0) is 4.79 Å². The minimum Gasteiger partial charge on any atom is -0.426 e. The Morgan fingerprint density at radius 2 is 1.73 bits per heavy atom. The molecule has 0 radical (unpaired) electrons. The molecule has 2 amide bonds. The number of nitrogens with one attached hydrogen (secondary N) is 2. The highest BCUT2D eigenvalue weighted by Gasteiger charge is 2.32. The Morgan fingerprint density at radius 1 is 1.07 bits per heavy atom. The summed E-state index contributed by atoms with van der Waals surface area (Å²) in [4.78, 5) is 33.5. The minimum atomic E-state index is -1.77. The van der Waals surface area contributed by atoms with E-state index in [1.807, 2.05) is 44.2 Å². The number of carbonyl (C=O) groups is 2. The fourth-order valence-electron chi connectivity index (χ4n) is 2.88. The van der Waals surface area contributed by atoms with Gasteiger partial charge in [0.1, 0.15) is 11.7 Å². The quantitative estimate of drug-likeness (QED) is 0.368. The molecule has 9 nitrogen and oxygen atoms in total. The molecular formula is C20H27BN4O5. The van der Waals surface area contributed by atoms with Gasteiger partial charge in [-0.25, -0.2) is 4.98 Å². The molecule has 3 atom stereocenters. The average Bonchev–Trinajstić information content (AvgIpc) is 2.71. The molecule has 0 unspecified atom stereocenters. The first-order valence-electron chi connectivity index (χ1n) is 9.72. The van der Waals surface area contributed by atoms with Gasteiger partial charge >= 0.3 is 7.12 Å². The van der Waals surface area contributed by atoms with E-state index in [2.05, 4.69) is 20.6 Å². The van der Waals surface area contributed by atoms with Gasteiger partial charge in [0.2, 0.25) is 5.91 Å². The lowest BCUT2D eigenvalue weighted by atomic mass is 9.75. The Kier molecular flexibility index (Phi) is 8.46. The van der Waals surface area contributed by atoms with E-state index in [1.165, 1.54) is 19.3 Å². The minimum absolute atomic E-state index is 0.0178. The second kappa shape index (κ2) is 10.8. The first-order chi connectivity index (χ1) is 14.2. The van der Waals surface area contributed by atoms with Gasteiger partial charge in [0, 0.05) is 5.56 Å². The van der Waals surface area contributed by atoms with Gasteiger partial charge < -0.3 is 25.8 Å². The summed E-state index contributed by atoms with van der Waals surface area (Å²) in [6, 6.07) is 7.86. The fourth-order valence-corrected chi connectivity index (χ4v) is 2.88. The Labute approximate surface area is 175 Å². The third kappa shape index (κ3) is 6.62. The standard InChI is InChI=1S/C20H27BN4O5/c1-12(2)9-17(21(29)30)24-20(28)18(13(3)26)25-19(27)16-11-22-10-15(23-16)14-7-5-4-6-8-14/h4-8,10-13,17-18,26,29-30H,9H2,1-3H3,(H,24,28)(H,25,27)/t13-,17+,18+/m1/s1. The molecule has 0 saturated heterocycles. The molecule has 0 aliphatic carbocycles. The summed E-state index contributed by atoms with van der Waals surface area (Å²) in [6.07, 6.45) is 1.87. The first-order valence-corrected chi connectivity index (χ1v) is 9.72. The van der Waals surface area contributed by atoms with Crippen molar-refractivity contribution in [2.75, 3.05) is 0 Å². The largest absolute Gasteiger partial charge is 0.475 e. The molecular weight excluding hydrogens is 387 g/mol. The molecule has 2 rings (SSSR count). The number of nitrogens with zero attached hydrogens (tertiary/aromatic N) is 2. The summed E-state index contributed by atoms with van der Waals surface area (Å²) in [7, 11) is -1.77. The third-order valence-electron chi connectivity index (χ3n) is 4.40. The molecule has 30 heavy (non-hydrogen) atoms. The van der Waals surface area contributed by atoms with Crippen LogP contribution in [-0.4, -0.2) is 62.1 Å². The van der Waals surface area contributed by atoms with Crippen LogP contribution in [0.3, 0.4) is 0 Å². The van der Waals surface area contributed by atoms with Crippen LogP contribution in [0.2, 0.25) is 0 Å². The molecule has 1 heterocycles. The predicted octanol–water partition coefficient (Wildman–Crippen LogP) is 0.166. The number of aliphatic hydroxyl groups is 1. The Hall–Kier alpha value is -2.82. The van der Waals surface area contributed by atoms with Gasteiger partial charge in [-0.05, 0) is 19.3 Å². The van der Waals surface area contributed by atoms with Crippen molar-refractivity contribution in [2.24, 2.45) is 5.92 Å². The van der Waals surface area contributed by atoms with Crippen molar-refractivity contribution in [3.63, 3.8) is 0 Å². The van der Waals surface area contributed by atoms with Gasteiger partial charge in [0.15, 0.2) is 0 Å². The first kappa shape index (κ1) is 23.5. The van der Waals surface area contributed by atoms with E-state index in [9.17, 15) is 24.7 Å². The topological polar surface area (TPSA) is 145 Å². The zero-order valence-corrected chi connectivity index (χ0v) is 17.2. The van der Waals surface area contributed by atoms with Crippen molar-refractivity contribution in [3.8, 4) is 11.3 Å². The molecule has 5 N–H and O–H groups in total. The van der Waals surface area contributed by atoms with Crippen LogP contribution >= 0.6 is 0 Å². The summed E-state index contributed by atoms with van der Waals surface area (Å²) in [5.41, 5.74) is 1.25. The van der Waals surface area contributed by atoms with E-state index >= 15 is 0 Å². The SMILES string of the molecule is CC(C)C[C@H](NC(=O)[C@@H](NC(=O)c1cncc(-c2ccccc2)n1)[C@@H](C)O)B(O)O. The molecule has 0 spiro atoms. The third-order valence-corrected chi connectivity index (χ3v) is 4.40. The summed E-state index contributed by atoms with van der Waals surface area (Å²) in [5.74, 6) is -2.26. The molecule has 0 aliphatic rings. The number of hydrogen-bond donors (Lipinski definition) is 5. The molecule has 0 saturated carbocycles. The summed E-state index contributed by atoms with van der Waals surface area (Å²) in [5, 5.41) is 33.9. The van der Waals surface area contributed by atoms with E-state index in [1.54, 1.807) is 0 Å². The van der Waals surface area contributed by atoms with E-state index in [4.69, 9.17) is 0 Å². The predicted molar refractivity (Wildman–Crippen MR) is 112 cm³/mol. The molecule has 160 valence electrons. The van der Waals surface area contributed by atoms with Crippen LogP contribution in [0.5, 0.6) is 0 Å². The van der Waals surface area contributed by atoms with Crippen LogP contribution in [0.25, 0.3) is 11.3 Å². The lowest BCUT2D eigenvalue weighted by Gasteiger charge is -2.25. The van der Waals surface area contributed by atoms with Crippen molar-refractivity contribution >= 4 is 18.9 Å². The van der Waals surface area contributed by atoms with Crippen molar-refractivity contribution < 1.29 is 24.7 Å². The highest BCUT2D eigenvalue weighted by Crippen LogP contribution is 2.15. The smallest absolute Gasteiger partial charge is 0.426 e. The highest BCUT2D eigenvalue weighted by atomic mass is 16.4. The van der Waals surface area contributed by atoms with Crippen molar-refractivity contribution in [3.05, 3.63) is 48.4 Å². The number of amides is 2. The van der Waals surface area contributed by atoms with E-state index in [-0.39, 0.29) is 11.6 Å². The number of rotatable bonds is 9. The van der Waals surface area contributed by atoms with Gasteiger partial charge in [-0.3, -0.25) is 14.6 Å². The summed E-state index contributed by atoms with van der Waals surface area (Å²) in [6.45, 7) is 5.09. The maximum atomic E-state index is 12.6. The lowest BCUT2D eigenvalue weighted by molar-refractivity contribution is -0.125. The van der Waals surface area contributed by atoms with E-state index in [0.29, 0.717) is 12.1 Å². The van der Waals surface area contributed by atoms with E-state index < -0.39 is 37.0 Å². The van der Waals surface area contributed by atoms with Crippen molar-refractivity contribution in [1.29, 1.82) is 0 Å². The van der Waals surface area contributed by atoms with E-state index in [0.717, 1.165) is 5.56 Å². The molecule has 1 aromatic carbocycles. The zero-order valence-electron chi connectivity index (χ0n) is 17.2. The second-order valence-corrected chi connectivity index (χ2v) is 7.51. The number of hydrogen-bond acceptors (Lipinski definition) is 7. The Bertz CT molecular complexity index is 848. The van der Waals surface area contributed by atoms with Crippen LogP contribution < -0.4 is 10.6 Å². The Balaban J connectivity index is 2.14. The number of aromatic nitrogens is 2. The van der Waals surface area contributed by atoms with Gasteiger partial charge in [-0.1, -0.05) is 44.2 Å². The Morgan fingerprint density at radius 3 is 2.30 bits per heavy atom. The van der Waals surface area contributed by atoms with Gasteiger partial charge in [0.25, 0.3) is 5.91 Å². The summed E-state index contributed by atoms with van der Waals surface area (Å²) < 4.78 is 0. The number of benzene rings is 1. The molecule has 0 fully saturated rings. The zero-order chi connectivity index (χ0) is 22.3. The van der Waals surface area contributed by atoms with Crippen LogP contribution in [0.4, 0.5) is 0 Å². The van der Waals surface area contributed by atoms with Crippen LogP contribution in [0.1, 0.15) is 37.7 Å². The normalized spacial score (nSPS) is 14.0. The number of aliphatic hydroxyl groups excluding tert-OH is 1. The van der Waals surface area contributed by atoms with Crippen molar-refractivity contribution in [2.45, 2.75) is 45.3 Å². The van der Waals surface area contributed by atoms with Gasteiger partial charge in [0.05, 0.1) is 30.1 Å². The molecule has 0 aliphatic heterocycles. The van der Waals surface area contributed by atoms with Crippen LogP contribution in [0.15, 0.2) is 42.7 Å².